The second-order valence-corrected chi connectivity index (χ2v) is 5.27. The van der Waals surface area contributed by atoms with Gasteiger partial charge < -0.3 is 13.9 Å². The van der Waals surface area contributed by atoms with Crippen LogP contribution in [0.5, 0.6) is 5.75 Å². The molecule has 2 aromatic rings. The van der Waals surface area contributed by atoms with Crippen LogP contribution in [0.1, 0.15) is 23.2 Å². The Hall–Kier alpha value is -1.85. The minimum absolute atomic E-state index is 0.0356. The van der Waals surface area contributed by atoms with E-state index in [0.717, 1.165) is 25.7 Å². The number of hydrogen-bond donors (Lipinski definition) is 0. The molecule has 1 aliphatic rings. The summed E-state index contributed by atoms with van der Waals surface area (Å²) < 4.78 is 16.4. The fraction of sp³-hybridized carbons (Fsp3) is 0.333. The van der Waals surface area contributed by atoms with Crippen LogP contribution in [0.4, 0.5) is 0 Å². The summed E-state index contributed by atoms with van der Waals surface area (Å²) in [6, 6.07) is 3.02. The summed E-state index contributed by atoms with van der Waals surface area (Å²) in [5.41, 5.74) is -0.109. The Kier molecular flexibility index (Phi) is 3.94. The number of rotatable bonds is 4. The van der Waals surface area contributed by atoms with E-state index in [1.807, 2.05) is 0 Å². The first-order valence-electron chi connectivity index (χ1n) is 6.63. The first-order valence-corrected chi connectivity index (χ1v) is 7.01. The summed E-state index contributed by atoms with van der Waals surface area (Å²) in [6.07, 6.45) is 3.66. The third kappa shape index (κ3) is 2.80. The standard InChI is InChI=1S/C15H13ClO5/c16-12-4-11-13(20-7-9(6-17)15(11)18)5-14(12)21-8-10-2-1-3-19-10/h4-7,10H,1-3,8H2. The fourth-order valence-corrected chi connectivity index (χ4v) is 2.51. The summed E-state index contributed by atoms with van der Waals surface area (Å²) in [5, 5.41) is 0.560. The van der Waals surface area contributed by atoms with Gasteiger partial charge in [-0.1, -0.05) is 11.6 Å². The molecule has 1 fully saturated rings. The second kappa shape index (κ2) is 5.87. The van der Waals surface area contributed by atoms with Crippen molar-refractivity contribution in [3.05, 3.63) is 39.2 Å². The molecule has 0 saturated carbocycles. The van der Waals surface area contributed by atoms with E-state index in [4.69, 9.17) is 25.5 Å². The lowest BCUT2D eigenvalue weighted by Crippen LogP contribution is -2.16. The van der Waals surface area contributed by atoms with Crippen LogP contribution in [0, 0.1) is 0 Å². The predicted molar refractivity (Wildman–Crippen MR) is 77.4 cm³/mol. The van der Waals surface area contributed by atoms with Gasteiger partial charge in [-0.25, -0.2) is 0 Å². The highest BCUT2D eigenvalue weighted by molar-refractivity contribution is 6.32. The molecule has 110 valence electrons. The molecule has 6 heteroatoms. The number of carbonyl (C=O) groups is 1. The van der Waals surface area contributed by atoms with Gasteiger partial charge in [0.15, 0.2) is 6.29 Å². The predicted octanol–water partition coefficient (Wildman–Crippen LogP) is 2.82. The van der Waals surface area contributed by atoms with Crippen LogP contribution in [0.2, 0.25) is 5.02 Å². The minimum atomic E-state index is -0.404. The first-order chi connectivity index (χ1) is 10.2. The normalized spacial score (nSPS) is 18.0. The third-order valence-electron chi connectivity index (χ3n) is 3.43. The van der Waals surface area contributed by atoms with E-state index in [1.165, 1.54) is 6.07 Å². The van der Waals surface area contributed by atoms with E-state index < -0.39 is 5.43 Å². The van der Waals surface area contributed by atoms with Crippen LogP contribution in [-0.4, -0.2) is 25.6 Å². The zero-order valence-electron chi connectivity index (χ0n) is 11.1. The molecule has 1 atom stereocenters. The van der Waals surface area contributed by atoms with Crippen LogP contribution < -0.4 is 10.2 Å². The Morgan fingerprint density at radius 1 is 1.43 bits per heavy atom. The van der Waals surface area contributed by atoms with Gasteiger partial charge in [0, 0.05) is 12.7 Å². The van der Waals surface area contributed by atoms with Gasteiger partial charge >= 0.3 is 0 Å². The molecular weight excluding hydrogens is 296 g/mol. The first kappa shape index (κ1) is 14.1. The quantitative estimate of drug-likeness (QED) is 0.813. The second-order valence-electron chi connectivity index (χ2n) is 4.86. The summed E-state index contributed by atoms with van der Waals surface area (Å²) in [4.78, 5) is 22.7. The number of aldehydes is 1. The maximum absolute atomic E-state index is 12.0. The summed E-state index contributed by atoms with van der Waals surface area (Å²) >= 11 is 6.12. The van der Waals surface area contributed by atoms with E-state index >= 15 is 0 Å². The van der Waals surface area contributed by atoms with Gasteiger partial charge in [0.25, 0.3) is 0 Å². The largest absolute Gasteiger partial charge is 0.489 e. The Labute approximate surface area is 125 Å². The molecule has 0 amide bonds. The van der Waals surface area contributed by atoms with Gasteiger partial charge in [0.1, 0.15) is 24.2 Å². The van der Waals surface area contributed by atoms with Crippen molar-refractivity contribution in [2.24, 2.45) is 0 Å². The number of hydrogen-bond acceptors (Lipinski definition) is 5. The lowest BCUT2D eigenvalue weighted by Gasteiger charge is -2.12. The van der Waals surface area contributed by atoms with Crippen LogP contribution in [-0.2, 0) is 4.74 Å². The molecule has 1 aliphatic heterocycles. The van der Waals surface area contributed by atoms with E-state index in [2.05, 4.69) is 0 Å². The van der Waals surface area contributed by atoms with Gasteiger partial charge in [-0.2, -0.15) is 0 Å². The maximum Gasteiger partial charge on any atom is 0.203 e. The van der Waals surface area contributed by atoms with E-state index in [1.54, 1.807) is 6.07 Å². The van der Waals surface area contributed by atoms with Gasteiger partial charge in [0.2, 0.25) is 5.43 Å². The molecule has 1 aromatic carbocycles. The number of ether oxygens (including phenoxy) is 2. The van der Waals surface area contributed by atoms with Gasteiger partial charge in [-0.05, 0) is 18.9 Å². The highest BCUT2D eigenvalue weighted by atomic mass is 35.5. The average molecular weight is 309 g/mol. The molecule has 0 radical (unpaired) electrons. The summed E-state index contributed by atoms with van der Waals surface area (Å²) in [6.45, 7) is 1.16. The summed E-state index contributed by atoms with van der Waals surface area (Å²) in [7, 11) is 0. The third-order valence-corrected chi connectivity index (χ3v) is 3.72. The molecule has 0 aliphatic carbocycles. The lowest BCUT2D eigenvalue weighted by molar-refractivity contribution is 0.0680. The Morgan fingerprint density at radius 3 is 3.00 bits per heavy atom. The van der Waals surface area contributed by atoms with E-state index in [9.17, 15) is 9.59 Å². The molecule has 1 saturated heterocycles. The Balaban J connectivity index is 1.91. The van der Waals surface area contributed by atoms with Gasteiger partial charge in [-0.3, -0.25) is 9.59 Å². The summed E-state index contributed by atoms with van der Waals surface area (Å²) in [5.74, 6) is 0.432. The highest BCUT2D eigenvalue weighted by Gasteiger charge is 2.17. The maximum atomic E-state index is 12.0. The minimum Gasteiger partial charge on any atom is -0.489 e. The molecule has 0 bridgehead atoms. The highest BCUT2D eigenvalue weighted by Crippen LogP contribution is 2.29. The van der Waals surface area contributed by atoms with E-state index in [0.29, 0.717) is 29.2 Å². The van der Waals surface area contributed by atoms with E-state index in [-0.39, 0.29) is 17.1 Å². The topological polar surface area (TPSA) is 65.7 Å². The molecule has 21 heavy (non-hydrogen) atoms. The fourth-order valence-electron chi connectivity index (χ4n) is 2.30. The molecule has 3 rings (SSSR count). The molecule has 1 unspecified atom stereocenters. The van der Waals surface area contributed by atoms with Crippen molar-refractivity contribution >= 4 is 28.9 Å². The van der Waals surface area contributed by atoms with Crippen LogP contribution in [0.15, 0.2) is 27.6 Å². The zero-order chi connectivity index (χ0) is 14.8. The Morgan fingerprint density at radius 2 is 2.29 bits per heavy atom. The van der Waals surface area contributed by atoms with Crippen molar-refractivity contribution in [2.75, 3.05) is 13.2 Å². The number of benzene rings is 1. The van der Waals surface area contributed by atoms with Crippen molar-refractivity contribution in [1.29, 1.82) is 0 Å². The van der Waals surface area contributed by atoms with Gasteiger partial charge in [0.05, 0.1) is 22.1 Å². The van der Waals surface area contributed by atoms with Crippen LogP contribution in [0.3, 0.4) is 0 Å². The Bertz CT molecular complexity index is 731. The number of fused-ring (bicyclic) bond motifs is 1. The SMILES string of the molecule is O=Cc1coc2cc(OCC3CCCO3)c(Cl)cc2c1=O. The van der Waals surface area contributed by atoms with Crippen LogP contribution >= 0.6 is 11.6 Å². The average Bonchev–Trinajstić information content (AvgIpc) is 3.00. The smallest absolute Gasteiger partial charge is 0.203 e. The molecule has 2 heterocycles. The monoisotopic (exact) mass is 308 g/mol. The molecule has 5 nitrogen and oxygen atoms in total. The molecule has 0 N–H and O–H groups in total. The number of carbonyl (C=O) groups excluding carboxylic acids is 1. The molecule has 0 spiro atoms. The van der Waals surface area contributed by atoms with Crippen molar-refractivity contribution in [2.45, 2.75) is 18.9 Å². The van der Waals surface area contributed by atoms with Crippen molar-refractivity contribution < 1.29 is 18.7 Å². The molecular formula is C15H13ClO5. The molecule has 1 aromatic heterocycles. The van der Waals surface area contributed by atoms with Crippen molar-refractivity contribution in [3.8, 4) is 5.75 Å². The lowest BCUT2D eigenvalue weighted by atomic mass is 10.2. The zero-order valence-corrected chi connectivity index (χ0v) is 11.9. The van der Waals surface area contributed by atoms with Crippen molar-refractivity contribution in [1.82, 2.24) is 0 Å². The van der Waals surface area contributed by atoms with Gasteiger partial charge in [-0.15, -0.1) is 0 Å². The van der Waals surface area contributed by atoms with Crippen LogP contribution in [0.25, 0.3) is 11.0 Å². The number of halogens is 1. The van der Waals surface area contributed by atoms with Crippen molar-refractivity contribution in [3.63, 3.8) is 0 Å².